The smallest absolute Gasteiger partial charge is 0.232 e. The lowest BCUT2D eigenvalue weighted by Crippen LogP contribution is -2.25. The highest BCUT2D eigenvalue weighted by atomic mass is 16.5. The fourth-order valence-electron chi connectivity index (χ4n) is 3.19. The van der Waals surface area contributed by atoms with E-state index in [2.05, 4.69) is 10.1 Å². The van der Waals surface area contributed by atoms with Gasteiger partial charge in [0.05, 0.1) is 18.2 Å². The van der Waals surface area contributed by atoms with E-state index in [9.17, 15) is 9.90 Å². The van der Waals surface area contributed by atoms with Crippen LogP contribution in [0.3, 0.4) is 0 Å². The van der Waals surface area contributed by atoms with Crippen LogP contribution >= 0.6 is 0 Å². The van der Waals surface area contributed by atoms with Gasteiger partial charge in [-0.25, -0.2) is 0 Å². The molecule has 1 aliphatic rings. The number of benzene rings is 2. The fourth-order valence-corrected chi connectivity index (χ4v) is 3.19. The van der Waals surface area contributed by atoms with E-state index in [0.717, 1.165) is 11.3 Å². The van der Waals surface area contributed by atoms with Gasteiger partial charge in [0.1, 0.15) is 11.5 Å². The molecule has 0 aliphatic carbocycles. The van der Waals surface area contributed by atoms with Crippen molar-refractivity contribution in [1.82, 2.24) is 10.1 Å². The van der Waals surface area contributed by atoms with Gasteiger partial charge in [-0.05, 0) is 43.3 Å². The van der Waals surface area contributed by atoms with Crippen LogP contribution in [-0.2, 0) is 4.79 Å². The summed E-state index contributed by atoms with van der Waals surface area (Å²) in [4.78, 5) is 18.7. The van der Waals surface area contributed by atoms with Gasteiger partial charge >= 0.3 is 0 Å². The molecule has 27 heavy (non-hydrogen) atoms. The number of amides is 1. The highest BCUT2D eigenvalue weighted by molar-refractivity contribution is 5.97. The number of anilines is 1. The molecule has 7 nitrogen and oxygen atoms in total. The van der Waals surface area contributed by atoms with Crippen molar-refractivity contribution in [2.45, 2.75) is 19.3 Å². The maximum absolute atomic E-state index is 12.6. The van der Waals surface area contributed by atoms with Crippen LogP contribution in [0.4, 0.5) is 5.69 Å². The van der Waals surface area contributed by atoms with Gasteiger partial charge in [-0.1, -0.05) is 17.3 Å². The maximum atomic E-state index is 12.6. The molecule has 0 radical (unpaired) electrons. The number of hydrogen-bond acceptors (Lipinski definition) is 6. The fraction of sp³-hybridized carbons (Fsp3) is 0.250. The predicted octanol–water partition coefficient (Wildman–Crippen LogP) is 3.36. The molecule has 2 heterocycles. The molecule has 0 unspecified atom stereocenters. The third-order valence-electron chi connectivity index (χ3n) is 4.50. The lowest BCUT2D eigenvalue weighted by molar-refractivity contribution is -0.117. The second-order valence-corrected chi connectivity index (χ2v) is 6.31. The molecular weight excluding hydrogens is 346 g/mol. The summed E-state index contributed by atoms with van der Waals surface area (Å²) in [7, 11) is 0. The van der Waals surface area contributed by atoms with Crippen LogP contribution in [0.1, 0.15) is 25.2 Å². The van der Waals surface area contributed by atoms with E-state index < -0.39 is 0 Å². The average Bonchev–Trinajstić information content (AvgIpc) is 3.30. The van der Waals surface area contributed by atoms with E-state index >= 15 is 0 Å². The number of phenolic OH excluding ortho intramolecular Hbond substituents is 1. The maximum Gasteiger partial charge on any atom is 0.232 e. The number of rotatable bonds is 5. The van der Waals surface area contributed by atoms with Gasteiger partial charge in [-0.15, -0.1) is 0 Å². The minimum absolute atomic E-state index is 0.00321. The number of ether oxygens (including phenoxy) is 1. The third-order valence-corrected chi connectivity index (χ3v) is 4.50. The topological polar surface area (TPSA) is 88.7 Å². The van der Waals surface area contributed by atoms with Crippen molar-refractivity contribution in [1.29, 1.82) is 0 Å². The monoisotopic (exact) mass is 365 g/mol. The Morgan fingerprint density at radius 2 is 2.00 bits per heavy atom. The van der Waals surface area contributed by atoms with E-state index in [-0.39, 0.29) is 17.6 Å². The zero-order valence-corrected chi connectivity index (χ0v) is 14.8. The molecule has 1 amide bonds. The summed E-state index contributed by atoms with van der Waals surface area (Å²) in [6.45, 7) is 2.90. The summed E-state index contributed by atoms with van der Waals surface area (Å²) in [5.41, 5.74) is 1.50. The minimum atomic E-state index is -0.175. The molecule has 1 atom stereocenters. The van der Waals surface area contributed by atoms with E-state index in [1.807, 2.05) is 31.2 Å². The lowest BCUT2D eigenvalue weighted by Gasteiger charge is -2.19. The van der Waals surface area contributed by atoms with Crippen molar-refractivity contribution < 1.29 is 19.2 Å². The standard InChI is InChI=1S/C20H19N3O4/c1-2-26-17-6-4-3-5-16(17)23-12-14(11-18(23)25)20-21-19(22-27-20)13-7-9-15(24)10-8-13/h3-10,14,24H,2,11-12H2,1H3/t14-/m0/s1. The number of carbonyl (C=O) groups is 1. The number of carbonyl (C=O) groups excluding carboxylic acids is 1. The van der Waals surface area contributed by atoms with E-state index in [0.29, 0.717) is 37.0 Å². The minimum Gasteiger partial charge on any atom is -0.508 e. The van der Waals surface area contributed by atoms with Gasteiger partial charge in [-0.3, -0.25) is 4.79 Å². The van der Waals surface area contributed by atoms with Crippen molar-refractivity contribution >= 4 is 11.6 Å². The number of aromatic hydroxyl groups is 1. The lowest BCUT2D eigenvalue weighted by atomic mass is 10.1. The van der Waals surface area contributed by atoms with Gasteiger partial charge < -0.3 is 19.3 Å². The first-order chi connectivity index (χ1) is 13.2. The van der Waals surface area contributed by atoms with Crippen LogP contribution in [0, 0.1) is 0 Å². The van der Waals surface area contributed by atoms with Crippen LogP contribution in [0.25, 0.3) is 11.4 Å². The summed E-state index contributed by atoms with van der Waals surface area (Å²) in [6.07, 6.45) is 0.303. The molecule has 3 aromatic rings. The molecule has 0 spiro atoms. The predicted molar refractivity (Wildman–Crippen MR) is 98.7 cm³/mol. The Hall–Kier alpha value is -3.35. The van der Waals surface area contributed by atoms with Crippen molar-refractivity contribution in [3.8, 4) is 22.9 Å². The first kappa shape index (κ1) is 17.1. The summed E-state index contributed by atoms with van der Waals surface area (Å²) < 4.78 is 11.1. The number of aromatic nitrogens is 2. The Balaban J connectivity index is 1.56. The normalized spacial score (nSPS) is 16.7. The van der Waals surface area contributed by atoms with E-state index in [1.54, 1.807) is 29.2 Å². The highest BCUT2D eigenvalue weighted by Gasteiger charge is 2.36. The molecular formula is C20H19N3O4. The molecule has 1 saturated heterocycles. The van der Waals surface area contributed by atoms with E-state index in [1.165, 1.54) is 0 Å². The van der Waals surface area contributed by atoms with Crippen LogP contribution in [0.2, 0.25) is 0 Å². The molecule has 0 saturated carbocycles. The second-order valence-electron chi connectivity index (χ2n) is 6.31. The summed E-state index contributed by atoms with van der Waals surface area (Å²) in [5.74, 6) is 1.55. The van der Waals surface area contributed by atoms with Gasteiger partial charge in [0.25, 0.3) is 0 Å². The first-order valence-corrected chi connectivity index (χ1v) is 8.81. The largest absolute Gasteiger partial charge is 0.508 e. The molecule has 1 N–H and O–H groups in total. The molecule has 1 aliphatic heterocycles. The zero-order valence-electron chi connectivity index (χ0n) is 14.8. The van der Waals surface area contributed by atoms with Gasteiger partial charge in [0.2, 0.25) is 17.6 Å². The Kier molecular flexibility index (Phi) is 4.50. The Morgan fingerprint density at radius 1 is 1.22 bits per heavy atom. The summed E-state index contributed by atoms with van der Waals surface area (Å²) in [6, 6.07) is 14.1. The average molecular weight is 365 g/mol. The van der Waals surface area contributed by atoms with Crippen molar-refractivity contribution in [2.75, 3.05) is 18.1 Å². The van der Waals surface area contributed by atoms with Crippen molar-refractivity contribution in [2.24, 2.45) is 0 Å². The Morgan fingerprint density at radius 3 is 2.78 bits per heavy atom. The molecule has 1 fully saturated rings. The second kappa shape index (κ2) is 7.11. The van der Waals surface area contributed by atoms with Gasteiger partial charge in [-0.2, -0.15) is 4.98 Å². The summed E-state index contributed by atoms with van der Waals surface area (Å²) in [5, 5.41) is 13.4. The Labute approximate surface area is 156 Å². The molecule has 2 aromatic carbocycles. The number of phenols is 1. The molecule has 138 valence electrons. The quantitative estimate of drug-likeness (QED) is 0.746. The van der Waals surface area contributed by atoms with Crippen molar-refractivity contribution in [3.05, 3.63) is 54.4 Å². The summed E-state index contributed by atoms with van der Waals surface area (Å²) >= 11 is 0. The number of hydrogen-bond donors (Lipinski definition) is 1. The number of para-hydroxylation sites is 2. The van der Waals surface area contributed by atoms with Crippen LogP contribution in [0.15, 0.2) is 53.1 Å². The van der Waals surface area contributed by atoms with Gasteiger partial charge in [0.15, 0.2) is 0 Å². The number of nitrogens with zero attached hydrogens (tertiary/aromatic N) is 3. The van der Waals surface area contributed by atoms with Crippen LogP contribution in [0.5, 0.6) is 11.5 Å². The zero-order chi connectivity index (χ0) is 18.8. The highest BCUT2D eigenvalue weighted by Crippen LogP contribution is 2.36. The molecule has 4 rings (SSSR count). The van der Waals surface area contributed by atoms with Gasteiger partial charge in [0, 0.05) is 18.5 Å². The molecule has 1 aromatic heterocycles. The van der Waals surface area contributed by atoms with Crippen LogP contribution < -0.4 is 9.64 Å². The first-order valence-electron chi connectivity index (χ1n) is 8.81. The SMILES string of the molecule is CCOc1ccccc1N1C[C@@H](c2nc(-c3ccc(O)cc3)no2)CC1=O. The molecule has 0 bridgehead atoms. The van der Waals surface area contributed by atoms with E-state index in [4.69, 9.17) is 9.26 Å². The Bertz CT molecular complexity index is 952. The van der Waals surface area contributed by atoms with Crippen molar-refractivity contribution in [3.63, 3.8) is 0 Å². The third kappa shape index (κ3) is 3.36. The van der Waals surface area contributed by atoms with Crippen LogP contribution in [-0.4, -0.2) is 34.3 Å². The molecule has 7 heteroatoms.